The van der Waals surface area contributed by atoms with Crippen LogP contribution in [0.3, 0.4) is 0 Å². The summed E-state index contributed by atoms with van der Waals surface area (Å²) in [6.45, 7) is 8.82. The largest absolute Gasteiger partial charge is 0.393 e. The van der Waals surface area contributed by atoms with Gasteiger partial charge in [-0.25, -0.2) is 0 Å². The second-order valence-corrected chi connectivity index (χ2v) is 5.06. The van der Waals surface area contributed by atoms with Gasteiger partial charge in [-0.05, 0) is 30.6 Å². The Bertz CT molecular complexity index is 143. The fourth-order valence-electron chi connectivity index (χ4n) is 3.07. The molecule has 3 unspecified atom stereocenters. The van der Waals surface area contributed by atoms with E-state index < -0.39 is 0 Å². The zero-order valence-corrected chi connectivity index (χ0v) is 9.46. The van der Waals surface area contributed by atoms with Crippen molar-refractivity contribution in [1.29, 1.82) is 0 Å². The maximum absolute atomic E-state index is 9.61. The Hall–Kier alpha value is -0.0400. The molecule has 1 nitrogen and oxygen atoms in total. The quantitative estimate of drug-likeness (QED) is 0.699. The first kappa shape index (κ1) is 11.0. The molecule has 0 aromatic rings. The smallest absolute Gasteiger partial charge is 0.0540 e. The van der Waals surface area contributed by atoms with E-state index in [1.807, 2.05) is 6.92 Å². The Labute approximate surface area is 82.5 Å². The van der Waals surface area contributed by atoms with Gasteiger partial charge in [0.2, 0.25) is 0 Å². The van der Waals surface area contributed by atoms with Gasteiger partial charge in [0.25, 0.3) is 0 Å². The molecule has 0 aromatic heterocycles. The first-order valence-corrected chi connectivity index (χ1v) is 5.72. The lowest BCUT2D eigenvalue weighted by Gasteiger charge is -2.39. The molecule has 1 N–H and O–H groups in total. The summed E-state index contributed by atoms with van der Waals surface area (Å²) >= 11 is 0. The van der Waals surface area contributed by atoms with Gasteiger partial charge >= 0.3 is 0 Å². The summed E-state index contributed by atoms with van der Waals surface area (Å²) in [6.07, 6.45) is 3.94. The van der Waals surface area contributed by atoms with Gasteiger partial charge in [0, 0.05) is 0 Å². The van der Waals surface area contributed by atoms with E-state index in [1.165, 1.54) is 19.3 Å². The van der Waals surface area contributed by atoms with Crippen molar-refractivity contribution in [2.75, 3.05) is 0 Å². The van der Waals surface area contributed by atoms with E-state index in [0.29, 0.717) is 5.92 Å². The van der Waals surface area contributed by atoms with E-state index in [1.54, 1.807) is 0 Å². The molecule has 0 bridgehead atoms. The Kier molecular flexibility index (Phi) is 3.78. The van der Waals surface area contributed by atoms with Crippen molar-refractivity contribution in [2.45, 2.75) is 53.1 Å². The first-order valence-electron chi connectivity index (χ1n) is 5.72. The average Bonchev–Trinajstić information content (AvgIpc) is 2.03. The molecule has 1 aliphatic rings. The SMILES string of the molecule is CC1CCC[C@H](C)C1C(C)[C@H](C)O. The molecule has 0 spiro atoms. The van der Waals surface area contributed by atoms with Crippen LogP contribution in [0.25, 0.3) is 0 Å². The van der Waals surface area contributed by atoms with E-state index in [-0.39, 0.29) is 6.10 Å². The van der Waals surface area contributed by atoms with Crippen LogP contribution in [0.4, 0.5) is 0 Å². The van der Waals surface area contributed by atoms with Gasteiger partial charge in [-0.3, -0.25) is 0 Å². The van der Waals surface area contributed by atoms with Gasteiger partial charge in [0.05, 0.1) is 6.10 Å². The van der Waals surface area contributed by atoms with Crippen molar-refractivity contribution in [3.63, 3.8) is 0 Å². The van der Waals surface area contributed by atoms with Gasteiger partial charge in [0.15, 0.2) is 0 Å². The standard InChI is InChI=1S/C12H24O/c1-8-6-5-7-9(2)12(8)10(3)11(4)13/h8-13H,5-7H2,1-4H3/t8-,9?,10?,11-,12?/m0/s1. The maximum Gasteiger partial charge on any atom is 0.0540 e. The predicted octanol–water partition coefficient (Wildman–Crippen LogP) is 3.08. The predicted molar refractivity (Wildman–Crippen MR) is 56.5 cm³/mol. The van der Waals surface area contributed by atoms with Crippen molar-refractivity contribution in [1.82, 2.24) is 0 Å². The number of hydrogen-bond acceptors (Lipinski definition) is 1. The van der Waals surface area contributed by atoms with Crippen LogP contribution in [0, 0.1) is 23.7 Å². The second kappa shape index (κ2) is 4.45. The van der Waals surface area contributed by atoms with Gasteiger partial charge in [-0.15, -0.1) is 0 Å². The number of aliphatic hydroxyl groups is 1. The number of rotatable bonds is 2. The molecule has 1 rings (SSSR count). The normalized spacial score (nSPS) is 39.9. The third-order valence-electron chi connectivity index (χ3n) is 4.00. The molecule has 0 aromatic carbocycles. The highest BCUT2D eigenvalue weighted by Gasteiger charge is 2.33. The van der Waals surface area contributed by atoms with Crippen LogP contribution in [0.1, 0.15) is 47.0 Å². The topological polar surface area (TPSA) is 20.2 Å². The third-order valence-corrected chi connectivity index (χ3v) is 4.00. The Morgan fingerprint density at radius 3 is 1.92 bits per heavy atom. The van der Waals surface area contributed by atoms with Gasteiger partial charge < -0.3 is 5.11 Å². The van der Waals surface area contributed by atoms with Gasteiger partial charge in [0.1, 0.15) is 0 Å². The Morgan fingerprint density at radius 2 is 1.54 bits per heavy atom. The molecule has 1 heteroatoms. The maximum atomic E-state index is 9.61. The van der Waals surface area contributed by atoms with Crippen LogP contribution in [0.5, 0.6) is 0 Å². The van der Waals surface area contributed by atoms with E-state index in [2.05, 4.69) is 20.8 Å². The highest BCUT2D eigenvalue weighted by molar-refractivity contribution is 4.83. The van der Waals surface area contributed by atoms with E-state index >= 15 is 0 Å². The van der Waals surface area contributed by atoms with Crippen LogP contribution < -0.4 is 0 Å². The zero-order chi connectivity index (χ0) is 10.0. The van der Waals surface area contributed by atoms with Crippen LogP contribution in [0.15, 0.2) is 0 Å². The summed E-state index contributed by atoms with van der Waals surface area (Å²) < 4.78 is 0. The van der Waals surface area contributed by atoms with E-state index in [9.17, 15) is 5.11 Å². The molecular weight excluding hydrogens is 160 g/mol. The Morgan fingerprint density at radius 1 is 1.08 bits per heavy atom. The summed E-state index contributed by atoms with van der Waals surface area (Å²) in [5.41, 5.74) is 0. The second-order valence-electron chi connectivity index (χ2n) is 5.06. The van der Waals surface area contributed by atoms with Crippen molar-refractivity contribution < 1.29 is 5.11 Å². The lowest BCUT2D eigenvalue weighted by molar-refractivity contribution is 0.0320. The summed E-state index contributed by atoms with van der Waals surface area (Å²) in [5, 5.41) is 9.61. The van der Waals surface area contributed by atoms with Crippen LogP contribution in [-0.4, -0.2) is 11.2 Å². The molecule has 0 saturated heterocycles. The highest BCUT2D eigenvalue weighted by Crippen LogP contribution is 2.40. The monoisotopic (exact) mass is 184 g/mol. The van der Waals surface area contributed by atoms with Gasteiger partial charge in [-0.1, -0.05) is 40.0 Å². The molecule has 0 aliphatic heterocycles. The van der Waals surface area contributed by atoms with Crippen molar-refractivity contribution in [3.05, 3.63) is 0 Å². The summed E-state index contributed by atoms with van der Waals surface area (Å²) in [4.78, 5) is 0. The number of hydrogen-bond donors (Lipinski definition) is 1. The molecule has 13 heavy (non-hydrogen) atoms. The molecule has 1 aliphatic carbocycles. The third kappa shape index (κ3) is 2.46. The van der Waals surface area contributed by atoms with Crippen molar-refractivity contribution in [3.8, 4) is 0 Å². The van der Waals surface area contributed by atoms with Crippen LogP contribution in [0.2, 0.25) is 0 Å². The summed E-state index contributed by atoms with van der Waals surface area (Å²) in [5.74, 6) is 2.79. The molecule has 5 atom stereocenters. The van der Waals surface area contributed by atoms with Crippen LogP contribution in [-0.2, 0) is 0 Å². The lowest BCUT2D eigenvalue weighted by Crippen LogP contribution is -2.35. The molecule has 0 heterocycles. The number of aliphatic hydroxyl groups excluding tert-OH is 1. The Balaban J connectivity index is 2.62. The molecule has 1 fully saturated rings. The van der Waals surface area contributed by atoms with Gasteiger partial charge in [-0.2, -0.15) is 0 Å². The van der Waals surface area contributed by atoms with Crippen molar-refractivity contribution in [2.24, 2.45) is 23.7 Å². The van der Waals surface area contributed by atoms with E-state index in [0.717, 1.165) is 17.8 Å². The molecule has 0 amide bonds. The minimum atomic E-state index is -0.145. The van der Waals surface area contributed by atoms with Crippen LogP contribution >= 0.6 is 0 Å². The highest BCUT2D eigenvalue weighted by atomic mass is 16.3. The fraction of sp³-hybridized carbons (Fsp3) is 1.00. The van der Waals surface area contributed by atoms with E-state index in [4.69, 9.17) is 0 Å². The summed E-state index contributed by atoms with van der Waals surface area (Å²) in [7, 11) is 0. The fourth-order valence-corrected chi connectivity index (χ4v) is 3.07. The zero-order valence-electron chi connectivity index (χ0n) is 9.46. The molecule has 1 saturated carbocycles. The van der Waals surface area contributed by atoms with Crippen molar-refractivity contribution >= 4 is 0 Å². The minimum Gasteiger partial charge on any atom is -0.393 e. The molecule has 0 radical (unpaired) electrons. The summed E-state index contributed by atoms with van der Waals surface area (Å²) in [6, 6.07) is 0. The minimum absolute atomic E-state index is 0.145. The average molecular weight is 184 g/mol. The molecular formula is C12H24O. The first-order chi connectivity index (χ1) is 6.04. The lowest BCUT2D eigenvalue weighted by atomic mass is 9.67. The molecule has 78 valence electrons.